The summed E-state index contributed by atoms with van der Waals surface area (Å²) in [5.41, 5.74) is 1.87. The summed E-state index contributed by atoms with van der Waals surface area (Å²) in [7, 11) is 0. The van der Waals surface area contributed by atoms with Crippen LogP contribution in [-0.4, -0.2) is 25.7 Å². The highest BCUT2D eigenvalue weighted by Gasteiger charge is 2.08. The third-order valence-electron chi connectivity index (χ3n) is 3.74. The molecule has 0 fully saturated rings. The molecule has 1 amide bonds. The van der Waals surface area contributed by atoms with Crippen molar-refractivity contribution < 1.29 is 14.3 Å². The van der Waals surface area contributed by atoms with Crippen LogP contribution in [0, 0.1) is 11.3 Å². The maximum atomic E-state index is 12.1. The Labute approximate surface area is 160 Å². The fourth-order valence-electron chi connectivity index (χ4n) is 2.37. The SMILES string of the molecule is CCOCCCNC(=O)C(C#N)=Cc1cccc(OCc2ccccc2)c1. The topological polar surface area (TPSA) is 71.3 Å². The molecule has 0 bridgehead atoms. The minimum Gasteiger partial charge on any atom is -0.489 e. The number of nitrogens with one attached hydrogen (secondary N) is 1. The summed E-state index contributed by atoms with van der Waals surface area (Å²) >= 11 is 0. The standard InChI is InChI=1S/C22H24N2O3/c1-2-26-13-7-12-24-22(25)20(16-23)14-19-10-6-11-21(15-19)27-17-18-8-4-3-5-9-18/h3-6,8-11,14-15H,2,7,12-13,17H2,1H3,(H,24,25). The van der Waals surface area contributed by atoms with Crippen molar-refractivity contribution in [1.82, 2.24) is 5.32 Å². The van der Waals surface area contributed by atoms with Gasteiger partial charge in [0.25, 0.3) is 5.91 Å². The molecule has 2 rings (SSSR count). The lowest BCUT2D eigenvalue weighted by molar-refractivity contribution is -0.117. The Morgan fingerprint density at radius 1 is 1.19 bits per heavy atom. The van der Waals surface area contributed by atoms with Crippen LogP contribution < -0.4 is 10.1 Å². The van der Waals surface area contributed by atoms with Crippen molar-refractivity contribution >= 4 is 12.0 Å². The molecule has 0 saturated carbocycles. The quantitative estimate of drug-likeness (QED) is 0.396. The van der Waals surface area contributed by atoms with E-state index in [1.54, 1.807) is 6.08 Å². The van der Waals surface area contributed by atoms with Crippen LogP contribution in [0.4, 0.5) is 0 Å². The van der Waals surface area contributed by atoms with E-state index in [-0.39, 0.29) is 11.5 Å². The van der Waals surface area contributed by atoms with Crippen LogP contribution in [0.1, 0.15) is 24.5 Å². The van der Waals surface area contributed by atoms with Gasteiger partial charge in [0.15, 0.2) is 0 Å². The number of hydrogen-bond donors (Lipinski definition) is 1. The van der Waals surface area contributed by atoms with Crippen LogP contribution in [0.2, 0.25) is 0 Å². The summed E-state index contributed by atoms with van der Waals surface area (Å²) in [6, 6.07) is 19.1. The molecule has 0 spiro atoms. The van der Waals surface area contributed by atoms with Crippen LogP contribution in [0.5, 0.6) is 5.75 Å². The van der Waals surface area contributed by atoms with E-state index in [4.69, 9.17) is 9.47 Å². The fourth-order valence-corrected chi connectivity index (χ4v) is 2.37. The monoisotopic (exact) mass is 364 g/mol. The first-order valence-corrected chi connectivity index (χ1v) is 8.97. The smallest absolute Gasteiger partial charge is 0.261 e. The number of benzene rings is 2. The van der Waals surface area contributed by atoms with Gasteiger partial charge >= 0.3 is 0 Å². The van der Waals surface area contributed by atoms with Crippen molar-refractivity contribution in [2.75, 3.05) is 19.8 Å². The van der Waals surface area contributed by atoms with Crippen LogP contribution >= 0.6 is 0 Å². The van der Waals surface area contributed by atoms with Crippen molar-refractivity contribution in [2.45, 2.75) is 20.0 Å². The largest absolute Gasteiger partial charge is 0.489 e. The van der Waals surface area contributed by atoms with Crippen LogP contribution in [0.15, 0.2) is 60.2 Å². The van der Waals surface area contributed by atoms with Gasteiger partial charge in [0.2, 0.25) is 0 Å². The Hall–Kier alpha value is -3.10. The lowest BCUT2D eigenvalue weighted by Crippen LogP contribution is -2.26. The van der Waals surface area contributed by atoms with E-state index in [1.165, 1.54) is 0 Å². The highest BCUT2D eigenvalue weighted by molar-refractivity contribution is 6.01. The number of carbonyl (C=O) groups is 1. The van der Waals surface area contributed by atoms with Crippen molar-refractivity contribution in [1.29, 1.82) is 5.26 Å². The van der Waals surface area contributed by atoms with Crippen LogP contribution in [0.3, 0.4) is 0 Å². The van der Waals surface area contributed by atoms with Gasteiger partial charge in [0, 0.05) is 19.8 Å². The van der Waals surface area contributed by atoms with Gasteiger partial charge < -0.3 is 14.8 Å². The number of rotatable bonds is 10. The van der Waals surface area contributed by atoms with E-state index < -0.39 is 0 Å². The first kappa shape index (κ1) is 20.2. The van der Waals surface area contributed by atoms with E-state index in [0.717, 1.165) is 11.1 Å². The summed E-state index contributed by atoms with van der Waals surface area (Å²) < 4.78 is 11.0. The van der Waals surface area contributed by atoms with Crippen molar-refractivity contribution in [3.63, 3.8) is 0 Å². The molecule has 27 heavy (non-hydrogen) atoms. The van der Waals surface area contributed by atoms with Crippen LogP contribution in [0.25, 0.3) is 6.08 Å². The second-order valence-electron chi connectivity index (χ2n) is 5.82. The van der Waals surface area contributed by atoms with Gasteiger partial charge in [-0.1, -0.05) is 42.5 Å². The summed E-state index contributed by atoms with van der Waals surface area (Å²) in [5.74, 6) is 0.298. The molecule has 1 N–H and O–H groups in total. The number of carbonyl (C=O) groups excluding carboxylic acids is 1. The zero-order valence-corrected chi connectivity index (χ0v) is 15.5. The third kappa shape index (κ3) is 7.35. The second-order valence-corrected chi connectivity index (χ2v) is 5.82. The molecule has 140 valence electrons. The number of amides is 1. The first-order chi connectivity index (χ1) is 13.2. The lowest BCUT2D eigenvalue weighted by atomic mass is 10.1. The van der Waals surface area contributed by atoms with Crippen LogP contribution in [-0.2, 0) is 16.1 Å². The summed E-state index contributed by atoms with van der Waals surface area (Å²) in [6.07, 6.45) is 2.27. The molecular weight excluding hydrogens is 340 g/mol. The minimum absolute atomic E-state index is 0.0617. The lowest BCUT2D eigenvalue weighted by Gasteiger charge is -2.07. The molecule has 0 unspecified atom stereocenters. The Morgan fingerprint density at radius 3 is 2.74 bits per heavy atom. The minimum atomic E-state index is -0.385. The third-order valence-corrected chi connectivity index (χ3v) is 3.74. The average molecular weight is 364 g/mol. The second kappa shape index (κ2) is 11.5. The van der Waals surface area contributed by atoms with E-state index in [9.17, 15) is 10.1 Å². The number of nitriles is 1. The number of nitrogens with zero attached hydrogens (tertiary/aromatic N) is 1. The Bertz CT molecular complexity index is 795. The normalized spacial score (nSPS) is 10.9. The predicted octanol–water partition coefficient (Wildman–Crippen LogP) is 3.72. The molecule has 0 aliphatic carbocycles. The van der Waals surface area contributed by atoms with E-state index in [1.807, 2.05) is 67.6 Å². The maximum Gasteiger partial charge on any atom is 0.261 e. The Morgan fingerprint density at radius 2 is 2.00 bits per heavy atom. The van der Waals surface area contributed by atoms with Crippen molar-refractivity contribution in [3.8, 4) is 11.8 Å². The highest BCUT2D eigenvalue weighted by Crippen LogP contribution is 2.17. The van der Waals surface area contributed by atoms with Gasteiger partial charge in [0.05, 0.1) is 0 Å². The molecule has 0 saturated heterocycles. The molecule has 2 aromatic carbocycles. The van der Waals surface area contributed by atoms with Gasteiger partial charge in [-0.05, 0) is 42.7 Å². The number of ether oxygens (including phenoxy) is 2. The first-order valence-electron chi connectivity index (χ1n) is 8.97. The summed E-state index contributed by atoms with van der Waals surface area (Å²) in [6.45, 7) is 4.09. The van der Waals surface area contributed by atoms with Gasteiger partial charge in [-0.2, -0.15) is 5.26 Å². The van der Waals surface area contributed by atoms with E-state index in [0.29, 0.717) is 38.5 Å². The highest BCUT2D eigenvalue weighted by atomic mass is 16.5. The van der Waals surface area contributed by atoms with Gasteiger partial charge in [0.1, 0.15) is 24.0 Å². The molecule has 0 aromatic heterocycles. The Balaban J connectivity index is 1.95. The Kier molecular flexibility index (Phi) is 8.61. The van der Waals surface area contributed by atoms with Crippen molar-refractivity contribution in [3.05, 3.63) is 71.3 Å². The molecular formula is C22H24N2O3. The molecule has 2 aromatic rings. The van der Waals surface area contributed by atoms with Gasteiger partial charge in [-0.15, -0.1) is 0 Å². The molecule has 0 aliphatic rings. The van der Waals surface area contributed by atoms with Gasteiger partial charge in [-0.3, -0.25) is 4.79 Å². The van der Waals surface area contributed by atoms with Crippen molar-refractivity contribution in [2.24, 2.45) is 0 Å². The average Bonchev–Trinajstić information content (AvgIpc) is 2.71. The zero-order valence-electron chi connectivity index (χ0n) is 15.5. The molecule has 0 radical (unpaired) electrons. The van der Waals surface area contributed by atoms with Gasteiger partial charge in [-0.25, -0.2) is 0 Å². The van der Waals surface area contributed by atoms with E-state index in [2.05, 4.69) is 5.32 Å². The number of hydrogen-bond acceptors (Lipinski definition) is 4. The maximum absolute atomic E-state index is 12.1. The fraction of sp³-hybridized carbons (Fsp3) is 0.273. The molecule has 0 aliphatic heterocycles. The molecule has 0 atom stereocenters. The molecule has 0 heterocycles. The molecule has 5 heteroatoms. The predicted molar refractivity (Wildman–Crippen MR) is 105 cm³/mol. The zero-order chi connectivity index (χ0) is 19.3. The summed E-state index contributed by atoms with van der Waals surface area (Å²) in [5, 5.41) is 12.0. The van der Waals surface area contributed by atoms with E-state index >= 15 is 0 Å². The molecule has 5 nitrogen and oxygen atoms in total. The summed E-state index contributed by atoms with van der Waals surface area (Å²) in [4.78, 5) is 12.1.